The van der Waals surface area contributed by atoms with E-state index < -0.39 is 5.54 Å². The first-order valence-electron chi connectivity index (χ1n) is 7.10. The molecule has 0 radical (unpaired) electrons. The lowest BCUT2D eigenvalue weighted by Crippen LogP contribution is -2.37. The molecule has 1 aromatic rings. The van der Waals surface area contributed by atoms with E-state index in [1.165, 1.54) is 31.7 Å². The highest BCUT2D eigenvalue weighted by Crippen LogP contribution is 2.51. The second-order valence-electron chi connectivity index (χ2n) is 6.54. The maximum Gasteiger partial charge on any atom is 0.128 e. The molecule has 2 saturated carbocycles. The summed E-state index contributed by atoms with van der Waals surface area (Å²) in [5, 5.41) is 0. The number of halogens is 1. The first kappa shape index (κ1) is 12.2. The lowest BCUT2D eigenvalue weighted by molar-refractivity contribution is 0.249. The van der Waals surface area contributed by atoms with Gasteiger partial charge in [0.1, 0.15) is 5.82 Å². The van der Waals surface area contributed by atoms with Gasteiger partial charge in [-0.3, -0.25) is 0 Å². The van der Waals surface area contributed by atoms with Crippen LogP contribution in [-0.2, 0) is 5.54 Å². The molecule has 2 bridgehead atoms. The van der Waals surface area contributed by atoms with Gasteiger partial charge in [0.05, 0.1) is 0 Å². The van der Waals surface area contributed by atoms with Crippen LogP contribution < -0.4 is 5.73 Å². The third kappa shape index (κ3) is 2.07. The molecular weight excluding hydrogens is 225 g/mol. The van der Waals surface area contributed by atoms with Gasteiger partial charge in [-0.15, -0.1) is 0 Å². The van der Waals surface area contributed by atoms with Crippen molar-refractivity contribution in [2.45, 2.75) is 44.6 Å². The lowest BCUT2D eigenvalue weighted by Gasteiger charge is -2.32. The molecular formula is C16H22FN. The van der Waals surface area contributed by atoms with Crippen LogP contribution >= 0.6 is 0 Å². The highest BCUT2D eigenvalue weighted by Gasteiger charge is 2.42. The summed E-state index contributed by atoms with van der Waals surface area (Å²) in [6.07, 6.45) is 6.39. The van der Waals surface area contributed by atoms with E-state index in [0.717, 1.165) is 18.3 Å². The van der Waals surface area contributed by atoms with Gasteiger partial charge >= 0.3 is 0 Å². The van der Waals surface area contributed by atoms with Crippen molar-refractivity contribution in [1.29, 1.82) is 0 Å². The van der Waals surface area contributed by atoms with E-state index in [0.29, 0.717) is 11.5 Å². The summed E-state index contributed by atoms with van der Waals surface area (Å²) < 4.78 is 13.9. The minimum atomic E-state index is -0.527. The van der Waals surface area contributed by atoms with Crippen molar-refractivity contribution in [3.05, 3.63) is 35.6 Å². The summed E-state index contributed by atoms with van der Waals surface area (Å²) in [5.41, 5.74) is 6.56. The van der Waals surface area contributed by atoms with E-state index in [2.05, 4.69) is 0 Å². The van der Waals surface area contributed by atoms with Crippen molar-refractivity contribution in [3.8, 4) is 0 Å². The second-order valence-corrected chi connectivity index (χ2v) is 6.54. The van der Waals surface area contributed by atoms with Crippen molar-refractivity contribution < 1.29 is 4.39 Å². The van der Waals surface area contributed by atoms with Gasteiger partial charge in [-0.1, -0.05) is 24.6 Å². The fraction of sp³-hybridized carbons (Fsp3) is 0.625. The topological polar surface area (TPSA) is 26.0 Å². The SMILES string of the molecule is CC(N)(CC1CC2CCC1C2)c1ccccc1F. The van der Waals surface area contributed by atoms with Gasteiger partial charge < -0.3 is 5.73 Å². The smallest absolute Gasteiger partial charge is 0.128 e. The Morgan fingerprint density at radius 2 is 2.06 bits per heavy atom. The molecule has 0 spiro atoms. The summed E-state index contributed by atoms with van der Waals surface area (Å²) in [7, 11) is 0. The van der Waals surface area contributed by atoms with E-state index in [1.54, 1.807) is 6.07 Å². The summed E-state index contributed by atoms with van der Waals surface area (Å²) in [6.45, 7) is 1.98. The zero-order chi connectivity index (χ0) is 12.8. The van der Waals surface area contributed by atoms with Crippen LogP contribution in [0.2, 0.25) is 0 Å². The van der Waals surface area contributed by atoms with Crippen LogP contribution in [0.5, 0.6) is 0 Å². The molecule has 2 fully saturated rings. The Labute approximate surface area is 109 Å². The van der Waals surface area contributed by atoms with Crippen LogP contribution in [0.1, 0.15) is 44.6 Å². The van der Waals surface area contributed by atoms with Gasteiger partial charge in [-0.25, -0.2) is 4.39 Å². The molecule has 4 unspecified atom stereocenters. The van der Waals surface area contributed by atoms with Crippen LogP contribution in [0.4, 0.5) is 4.39 Å². The average molecular weight is 247 g/mol. The van der Waals surface area contributed by atoms with Crippen molar-refractivity contribution in [2.75, 3.05) is 0 Å². The molecule has 2 heteroatoms. The average Bonchev–Trinajstić information content (AvgIpc) is 2.90. The molecule has 2 aliphatic rings. The van der Waals surface area contributed by atoms with Gasteiger partial charge in [0.15, 0.2) is 0 Å². The Balaban J connectivity index is 1.77. The maximum atomic E-state index is 13.9. The van der Waals surface area contributed by atoms with Crippen LogP contribution in [0.3, 0.4) is 0 Å². The standard InChI is InChI=1S/C16H22FN/c1-16(18,14-4-2-3-5-15(14)17)10-13-9-11-6-7-12(13)8-11/h2-5,11-13H,6-10,18H2,1H3. The molecule has 0 saturated heterocycles. The molecule has 1 nitrogen and oxygen atoms in total. The Hall–Kier alpha value is -0.890. The van der Waals surface area contributed by atoms with E-state index in [1.807, 2.05) is 19.1 Å². The molecule has 2 aliphatic carbocycles. The van der Waals surface area contributed by atoms with E-state index >= 15 is 0 Å². The third-order valence-corrected chi connectivity index (χ3v) is 5.06. The molecule has 4 atom stereocenters. The van der Waals surface area contributed by atoms with Crippen molar-refractivity contribution in [1.82, 2.24) is 0 Å². The zero-order valence-electron chi connectivity index (χ0n) is 11.0. The number of benzene rings is 1. The first-order valence-corrected chi connectivity index (χ1v) is 7.10. The van der Waals surface area contributed by atoms with Crippen LogP contribution in [0.25, 0.3) is 0 Å². The summed E-state index contributed by atoms with van der Waals surface area (Å²) >= 11 is 0. The van der Waals surface area contributed by atoms with Crippen LogP contribution in [-0.4, -0.2) is 0 Å². The fourth-order valence-electron chi connectivity index (χ4n) is 4.21. The van der Waals surface area contributed by atoms with Gasteiger partial charge in [-0.2, -0.15) is 0 Å². The normalized spacial score (nSPS) is 33.6. The molecule has 3 rings (SSSR count). The summed E-state index contributed by atoms with van der Waals surface area (Å²) in [6, 6.07) is 6.96. The highest BCUT2D eigenvalue weighted by molar-refractivity contribution is 5.25. The summed E-state index contributed by atoms with van der Waals surface area (Å²) in [4.78, 5) is 0. The second kappa shape index (κ2) is 4.34. The Morgan fingerprint density at radius 3 is 2.67 bits per heavy atom. The summed E-state index contributed by atoms with van der Waals surface area (Å²) in [5.74, 6) is 2.32. The number of hydrogen-bond acceptors (Lipinski definition) is 1. The zero-order valence-corrected chi connectivity index (χ0v) is 11.0. The van der Waals surface area contributed by atoms with Gasteiger partial charge in [0.25, 0.3) is 0 Å². The molecule has 1 aromatic carbocycles. The first-order chi connectivity index (χ1) is 8.56. The monoisotopic (exact) mass is 247 g/mol. The Kier molecular flexibility index (Phi) is 2.93. The van der Waals surface area contributed by atoms with Crippen LogP contribution in [0.15, 0.2) is 24.3 Å². The molecule has 0 heterocycles. The predicted octanol–water partition coefficient (Wildman–Crippen LogP) is 3.83. The number of rotatable bonds is 3. The van der Waals surface area contributed by atoms with E-state index in [4.69, 9.17) is 5.73 Å². The van der Waals surface area contributed by atoms with Crippen LogP contribution in [0, 0.1) is 23.6 Å². The van der Waals surface area contributed by atoms with Crippen molar-refractivity contribution in [3.63, 3.8) is 0 Å². The quantitative estimate of drug-likeness (QED) is 0.863. The number of nitrogens with two attached hydrogens (primary N) is 1. The van der Waals surface area contributed by atoms with Crippen molar-refractivity contribution >= 4 is 0 Å². The highest BCUT2D eigenvalue weighted by atomic mass is 19.1. The fourth-order valence-corrected chi connectivity index (χ4v) is 4.21. The van der Waals surface area contributed by atoms with E-state index in [-0.39, 0.29) is 5.82 Å². The molecule has 2 N–H and O–H groups in total. The number of fused-ring (bicyclic) bond motifs is 2. The lowest BCUT2D eigenvalue weighted by atomic mass is 9.77. The van der Waals surface area contributed by atoms with Gasteiger partial charge in [0.2, 0.25) is 0 Å². The largest absolute Gasteiger partial charge is 0.322 e. The third-order valence-electron chi connectivity index (χ3n) is 5.06. The van der Waals surface area contributed by atoms with Gasteiger partial charge in [-0.05, 0) is 56.4 Å². The number of hydrogen-bond donors (Lipinski definition) is 1. The molecule has 0 aliphatic heterocycles. The van der Waals surface area contributed by atoms with Gasteiger partial charge in [0, 0.05) is 11.1 Å². The van der Waals surface area contributed by atoms with E-state index in [9.17, 15) is 4.39 Å². The predicted molar refractivity (Wildman–Crippen MR) is 71.5 cm³/mol. The van der Waals surface area contributed by atoms with Crippen molar-refractivity contribution in [2.24, 2.45) is 23.5 Å². The maximum absolute atomic E-state index is 13.9. The molecule has 0 amide bonds. The Morgan fingerprint density at radius 1 is 1.28 bits per heavy atom. The minimum Gasteiger partial charge on any atom is -0.322 e. The molecule has 0 aromatic heterocycles. The Bertz CT molecular complexity index is 440. The molecule has 98 valence electrons. The molecule has 18 heavy (non-hydrogen) atoms. The minimum absolute atomic E-state index is 0.161.